The second-order valence-corrected chi connectivity index (χ2v) is 7.13. The minimum Gasteiger partial charge on any atom is -0.274 e. The number of nitrogens with zero attached hydrogens (tertiary/aromatic N) is 2. The molecule has 4 rings (SSSR count). The summed E-state index contributed by atoms with van der Waals surface area (Å²) in [5.74, 6) is 0. The molecule has 4 heteroatoms. The summed E-state index contributed by atoms with van der Waals surface area (Å²) < 4.78 is 1.04. The van der Waals surface area contributed by atoms with Crippen LogP contribution in [0.25, 0.3) is 5.70 Å². The van der Waals surface area contributed by atoms with Crippen molar-refractivity contribution >= 4 is 27.3 Å². The van der Waals surface area contributed by atoms with E-state index in [-0.39, 0.29) is 6.17 Å². The molecular weight excluding hydrogens is 400 g/mol. The first-order valence-electron chi connectivity index (χ1n) is 8.75. The van der Waals surface area contributed by atoms with Gasteiger partial charge in [-0.05, 0) is 29.3 Å². The fourth-order valence-electron chi connectivity index (χ4n) is 3.18. The van der Waals surface area contributed by atoms with Gasteiger partial charge in [0.25, 0.3) is 0 Å². The monoisotopic (exact) mass is 418 g/mol. The van der Waals surface area contributed by atoms with Gasteiger partial charge in [-0.25, -0.2) is 5.06 Å². The predicted molar refractivity (Wildman–Crippen MR) is 113 cm³/mol. The molecule has 0 fully saturated rings. The van der Waals surface area contributed by atoms with Gasteiger partial charge in [-0.3, -0.25) is 9.83 Å². The van der Waals surface area contributed by atoms with Crippen LogP contribution in [0.2, 0.25) is 0 Å². The zero-order valence-electron chi connectivity index (χ0n) is 14.9. The van der Waals surface area contributed by atoms with Gasteiger partial charge >= 0.3 is 0 Å². The lowest BCUT2D eigenvalue weighted by atomic mass is 10.0. The van der Waals surface area contributed by atoms with E-state index in [1.807, 2.05) is 53.6 Å². The maximum Gasteiger partial charge on any atom is 0.172 e. The van der Waals surface area contributed by atoms with Gasteiger partial charge in [-0.1, -0.05) is 88.7 Å². The standard InChI is InChI=1S/C23H19BrN2O/c1-27-26-22(18-10-6-3-7-11-18)16-21(17-8-4-2-5-9-17)25-23(26)19-12-14-20(24)15-13-19/h2-16,23H,1H3. The van der Waals surface area contributed by atoms with Crippen molar-refractivity contribution in [2.75, 3.05) is 7.11 Å². The van der Waals surface area contributed by atoms with Crippen LogP contribution < -0.4 is 0 Å². The second-order valence-electron chi connectivity index (χ2n) is 6.21. The van der Waals surface area contributed by atoms with Gasteiger partial charge in [-0.2, -0.15) is 0 Å². The first-order chi connectivity index (χ1) is 13.3. The van der Waals surface area contributed by atoms with Crippen molar-refractivity contribution in [1.82, 2.24) is 5.06 Å². The van der Waals surface area contributed by atoms with Crippen LogP contribution >= 0.6 is 15.9 Å². The highest BCUT2D eigenvalue weighted by atomic mass is 79.9. The molecule has 0 aliphatic carbocycles. The molecule has 1 unspecified atom stereocenters. The Morgan fingerprint density at radius 3 is 2.00 bits per heavy atom. The number of halogens is 1. The first-order valence-corrected chi connectivity index (χ1v) is 9.55. The molecule has 0 amide bonds. The Morgan fingerprint density at radius 2 is 1.41 bits per heavy atom. The highest BCUT2D eigenvalue weighted by Crippen LogP contribution is 2.35. The number of benzene rings is 3. The van der Waals surface area contributed by atoms with Gasteiger partial charge in [0, 0.05) is 10.0 Å². The van der Waals surface area contributed by atoms with Gasteiger partial charge in [-0.15, -0.1) is 0 Å². The lowest BCUT2D eigenvalue weighted by Crippen LogP contribution is -2.30. The van der Waals surface area contributed by atoms with E-state index in [1.54, 1.807) is 7.11 Å². The molecule has 0 aromatic heterocycles. The Hall–Kier alpha value is -2.69. The summed E-state index contributed by atoms with van der Waals surface area (Å²) in [5.41, 5.74) is 5.17. The van der Waals surface area contributed by atoms with E-state index < -0.39 is 0 Å². The highest BCUT2D eigenvalue weighted by Gasteiger charge is 2.28. The minimum atomic E-state index is -0.265. The fourth-order valence-corrected chi connectivity index (χ4v) is 3.44. The molecule has 3 aromatic rings. The summed E-state index contributed by atoms with van der Waals surface area (Å²) >= 11 is 3.51. The van der Waals surface area contributed by atoms with E-state index in [2.05, 4.69) is 58.4 Å². The number of hydroxylamine groups is 2. The SMILES string of the molecule is CON1C(c2ccccc2)=CC(c2ccccc2)=NC1c1ccc(Br)cc1. The van der Waals surface area contributed by atoms with Gasteiger partial charge in [0.2, 0.25) is 0 Å². The molecule has 0 radical (unpaired) electrons. The average Bonchev–Trinajstić information content (AvgIpc) is 2.74. The zero-order chi connectivity index (χ0) is 18.6. The second kappa shape index (κ2) is 7.91. The Labute approximate surface area is 167 Å². The van der Waals surface area contributed by atoms with Crippen molar-refractivity contribution in [2.24, 2.45) is 4.99 Å². The number of aliphatic imine (C=N–C) groups is 1. The summed E-state index contributed by atoms with van der Waals surface area (Å²) in [7, 11) is 1.69. The number of hydrogen-bond donors (Lipinski definition) is 0. The number of allylic oxidation sites excluding steroid dienone is 1. The molecule has 1 aliphatic heterocycles. The lowest BCUT2D eigenvalue weighted by Gasteiger charge is -2.34. The molecule has 1 atom stereocenters. The Balaban J connectivity index is 1.86. The van der Waals surface area contributed by atoms with Crippen molar-refractivity contribution in [3.8, 4) is 0 Å². The maximum absolute atomic E-state index is 5.79. The molecule has 1 heterocycles. The summed E-state index contributed by atoms with van der Waals surface area (Å²) in [6.45, 7) is 0. The number of hydrogen-bond acceptors (Lipinski definition) is 3. The van der Waals surface area contributed by atoms with Crippen molar-refractivity contribution in [3.05, 3.63) is 112 Å². The van der Waals surface area contributed by atoms with Crippen LogP contribution in [0.1, 0.15) is 22.9 Å². The van der Waals surface area contributed by atoms with Gasteiger partial charge in [0.1, 0.15) is 0 Å². The fraction of sp³-hybridized carbons (Fsp3) is 0.0870. The third kappa shape index (κ3) is 3.72. The molecular formula is C23H19BrN2O. The van der Waals surface area contributed by atoms with Crippen LogP contribution in [0, 0.1) is 0 Å². The highest BCUT2D eigenvalue weighted by molar-refractivity contribution is 9.10. The van der Waals surface area contributed by atoms with E-state index >= 15 is 0 Å². The largest absolute Gasteiger partial charge is 0.274 e. The minimum absolute atomic E-state index is 0.265. The molecule has 3 nitrogen and oxygen atoms in total. The maximum atomic E-state index is 5.79. The van der Waals surface area contributed by atoms with Crippen molar-refractivity contribution in [1.29, 1.82) is 0 Å². The zero-order valence-corrected chi connectivity index (χ0v) is 16.5. The van der Waals surface area contributed by atoms with E-state index in [4.69, 9.17) is 9.83 Å². The quantitative estimate of drug-likeness (QED) is 0.530. The van der Waals surface area contributed by atoms with Crippen LogP contribution in [0.5, 0.6) is 0 Å². The van der Waals surface area contributed by atoms with Crippen molar-refractivity contribution in [2.45, 2.75) is 6.17 Å². The van der Waals surface area contributed by atoms with E-state index in [9.17, 15) is 0 Å². The summed E-state index contributed by atoms with van der Waals surface area (Å²) in [6.07, 6.45) is 1.82. The smallest absolute Gasteiger partial charge is 0.172 e. The first kappa shape index (κ1) is 17.7. The van der Waals surface area contributed by atoms with Gasteiger partial charge < -0.3 is 0 Å². The van der Waals surface area contributed by atoms with Gasteiger partial charge in [0.15, 0.2) is 6.17 Å². The van der Waals surface area contributed by atoms with Crippen LogP contribution in [0.15, 0.2) is 100 Å². The summed E-state index contributed by atoms with van der Waals surface area (Å²) in [4.78, 5) is 10.8. The van der Waals surface area contributed by atoms with Crippen molar-refractivity contribution < 1.29 is 4.84 Å². The molecule has 1 aliphatic rings. The Bertz CT molecular complexity index is 966. The topological polar surface area (TPSA) is 24.8 Å². The molecule has 27 heavy (non-hydrogen) atoms. The molecule has 0 bridgehead atoms. The van der Waals surface area contributed by atoms with Crippen LogP contribution in [-0.2, 0) is 4.84 Å². The molecule has 0 N–H and O–H groups in total. The van der Waals surface area contributed by atoms with E-state index in [0.29, 0.717) is 0 Å². The van der Waals surface area contributed by atoms with Crippen LogP contribution in [-0.4, -0.2) is 17.9 Å². The number of rotatable bonds is 4. The van der Waals surface area contributed by atoms with E-state index in [0.717, 1.165) is 32.6 Å². The normalized spacial score (nSPS) is 16.7. The third-order valence-electron chi connectivity index (χ3n) is 4.50. The molecule has 3 aromatic carbocycles. The predicted octanol–water partition coefficient (Wildman–Crippen LogP) is 5.86. The summed E-state index contributed by atoms with van der Waals surface area (Å²) in [5, 5.41) is 1.87. The average molecular weight is 419 g/mol. The molecule has 134 valence electrons. The molecule has 0 saturated heterocycles. The van der Waals surface area contributed by atoms with Crippen molar-refractivity contribution in [3.63, 3.8) is 0 Å². The molecule has 0 spiro atoms. The van der Waals surface area contributed by atoms with E-state index in [1.165, 1.54) is 0 Å². The van der Waals surface area contributed by atoms with Crippen LogP contribution in [0.3, 0.4) is 0 Å². The lowest BCUT2D eigenvalue weighted by molar-refractivity contribution is -0.108. The third-order valence-corrected chi connectivity index (χ3v) is 5.03. The molecule has 0 saturated carbocycles. The summed E-state index contributed by atoms with van der Waals surface area (Å²) in [6, 6.07) is 28.7. The van der Waals surface area contributed by atoms with Crippen LogP contribution in [0.4, 0.5) is 0 Å². The Morgan fingerprint density at radius 1 is 0.815 bits per heavy atom. The van der Waals surface area contributed by atoms with Gasteiger partial charge in [0.05, 0.1) is 18.5 Å². The Kier molecular flexibility index (Phi) is 5.19.